The highest BCUT2D eigenvalue weighted by atomic mass is 16.5. The standard InChI is InChI=1S/C13H18N2O5/c1-2-19-12(18)10-7-20-13(15-10)14-9-5-3-8(4-6-9)11(16)17/h7-9H,2-6H2,1H3,(H,14,15)(H,16,17). The van der Waals surface area contributed by atoms with Crippen LogP contribution in [0.5, 0.6) is 0 Å². The molecule has 1 aromatic heterocycles. The van der Waals surface area contributed by atoms with Gasteiger partial charge in [-0.2, -0.15) is 4.98 Å². The molecule has 7 nitrogen and oxygen atoms in total. The van der Waals surface area contributed by atoms with E-state index in [-0.39, 0.29) is 30.3 Å². The maximum absolute atomic E-state index is 11.4. The van der Waals surface area contributed by atoms with E-state index in [1.807, 2.05) is 0 Å². The van der Waals surface area contributed by atoms with Crippen LogP contribution in [0.15, 0.2) is 10.7 Å². The first-order chi connectivity index (χ1) is 9.60. The Morgan fingerprint density at radius 1 is 1.45 bits per heavy atom. The van der Waals surface area contributed by atoms with Crippen LogP contribution < -0.4 is 5.32 Å². The molecule has 1 saturated carbocycles. The summed E-state index contributed by atoms with van der Waals surface area (Å²) in [5.74, 6) is -1.50. The predicted molar refractivity (Wildman–Crippen MR) is 69.5 cm³/mol. The van der Waals surface area contributed by atoms with Crippen molar-refractivity contribution < 1.29 is 23.8 Å². The highest BCUT2D eigenvalue weighted by Crippen LogP contribution is 2.26. The maximum atomic E-state index is 11.4. The lowest BCUT2D eigenvalue weighted by Crippen LogP contribution is -2.29. The van der Waals surface area contributed by atoms with Gasteiger partial charge in [-0.3, -0.25) is 4.79 Å². The van der Waals surface area contributed by atoms with Gasteiger partial charge in [0.25, 0.3) is 6.01 Å². The lowest BCUT2D eigenvalue weighted by atomic mass is 9.86. The molecule has 2 rings (SSSR count). The van der Waals surface area contributed by atoms with E-state index in [0.29, 0.717) is 12.8 Å². The first-order valence-electron chi connectivity index (χ1n) is 6.72. The van der Waals surface area contributed by atoms with Crippen molar-refractivity contribution in [3.05, 3.63) is 12.0 Å². The first-order valence-corrected chi connectivity index (χ1v) is 6.72. The van der Waals surface area contributed by atoms with Gasteiger partial charge in [0, 0.05) is 6.04 Å². The van der Waals surface area contributed by atoms with E-state index in [9.17, 15) is 9.59 Å². The molecule has 0 amide bonds. The Bertz CT molecular complexity index is 477. The quantitative estimate of drug-likeness (QED) is 0.795. The summed E-state index contributed by atoms with van der Waals surface area (Å²) in [5, 5.41) is 12.0. The van der Waals surface area contributed by atoms with Gasteiger partial charge in [0.05, 0.1) is 12.5 Å². The number of nitrogens with zero attached hydrogens (tertiary/aromatic N) is 1. The molecule has 0 aliphatic heterocycles. The van der Waals surface area contributed by atoms with Crippen LogP contribution in [0.3, 0.4) is 0 Å². The Morgan fingerprint density at radius 3 is 2.75 bits per heavy atom. The van der Waals surface area contributed by atoms with Crippen LogP contribution in [-0.4, -0.2) is 34.7 Å². The normalized spacial score (nSPS) is 22.2. The molecule has 7 heteroatoms. The smallest absolute Gasteiger partial charge is 0.360 e. The number of carboxylic acid groups (broad SMARTS) is 1. The van der Waals surface area contributed by atoms with E-state index in [1.54, 1.807) is 6.92 Å². The molecular weight excluding hydrogens is 264 g/mol. The van der Waals surface area contributed by atoms with Gasteiger partial charge in [-0.05, 0) is 32.6 Å². The van der Waals surface area contributed by atoms with Crippen LogP contribution in [0.1, 0.15) is 43.1 Å². The summed E-state index contributed by atoms with van der Waals surface area (Å²) in [7, 11) is 0. The van der Waals surface area contributed by atoms with E-state index < -0.39 is 11.9 Å². The fourth-order valence-corrected chi connectivity index (χ4v) is 2.30. The number of carbonyl (C=O) groups is 2. The number of hydrogen-bond acceptors (Lipinski definition) is 6. The van der Waals surface area contributed by atoms with Crippen molar-refractivity contribution in [2.45, 2.75) is 38.6 Å². The summed E-state index contributed by atoms with van der Waals surface area (Å²) >= 11 is 0. The minimum absolute atomic E-state index is 0.124. The van der Waals surface area contributed by atoms with Crippen molar-refractivity contribution in [1.82, 2.24) is 4.98 Å². The number of nitrogens with one attached hydrogen (secondary N) is 1. The second-order valence-corrected chi connectivity index (χ2v) is 4.79. The minimum Gasteiger partial charge on any atom is -0.481 e. The lowest BCUT2D eigenvalue weighted by molar-refractivity contribution is -0.142. The van der Waals surface area contributed by atoms with Gasteiger partial charge in [-0.1, -0.05) is 0 Å². The van der Waals surface area contributed by atoms with Gasteiger partial charge < -0.3 is 19.6 Å². The summed E-state index contributed by atoms with van der Waals surface area (Å²) in [6.45, 7) is 2.01. The molecule has 1 aliphatic carbocycles. The number of aromatic nitrogens is 1. The van der Waals surface area contributed by atoms with E-state index in [4.69, 9.17) is 14.3 Å². The molecule has 1 aromatic rings. The third-order valence-electron chi connectivity index (χ3n) is 3.39. The fourth-order valence-electron chi connectivity index (χ4n) is 2.30. The number of anilines is 1. The second kappa shape index (κ2) is 6.40. The van der Waals surface area contributed by atoms with Crippen molar-refractivity contribution in [2.75, 3.05) is 11.9 Å². The summed E-state index contributed by atoms with van der Waals surface area (Å²) in [6.07, 6.45) is 4.02. The number of carbonyl (C=O) groups excluding carboxylic acids is 1. The van der Waals surface area contributed by atoms with Crippen LogP contribution in [0.2, 0.25) is 0 Å². The van der Waals surface area contributed by atoms with E-state index in [0.717, 1.165) is 12.8 Å². The topological polar surface area (TPSA) is 102 Å². The molecule has 1 fully saturated rings. The number of ether oxygens (including phenoxy) is 1. The predicted octanol–water partition coefficient (Wildman–Crippen LogP) is 1.91. The number of hydrogen-bond donors (Lipinski definition) is 2. The van der Waals surface area contributed by atoms with E-state index in [2.05, 4.69) is 10.3 Å². The highest BCUT2D eigenvalue weighted by Gasteiger charge is 2.26. The lowest BCUT2D eigenvalue weighted by Gasteiger charge is -2.26. The number of aliphatic carboxylic acids is 1. The zero-order chi connectivity index (χ0) is 14.5. The highest BCUT2D eigenvalue weighted by molar-refractivity contribution is 5.87. The third kappa shape index (κ3) is 3.49. The Morgan fingerprint density at radius 2 is 2.15 bits per heavy atom. The van der Waals surface area contributed by atoms with Crippen molar-refractivity contribution >= 4 is 18.0 Å². The maximum Gasteiger partial charge on any atom is 0.360 e. The molecule has 0 radical (unpaired) electrons. The number of esters is 1. The average Bonchev–Trinajstić information content (AvgIpc) is 2.88. The molecule has 0 atom stereocenters. The summed E-state index contributed by atoms with van der Waals surface area (Å²) in [6, 6.07) is 0.395. The molecular formula is C13H18N2O5. The Hall–Kier alpha value is -2.05. The number of carboxylic acids is 1. The van der Waals surface area contributed by atoms with Gasteiger partial charge in [0.2, 0.25) is 0 Å². The Kier molecular flexibility index (Phi) is 4.60. The SMILES string of the molecule is CCOC(=O)c1coc(NC2CCC(C(=O)O)CC2)n1. The first kappa shape index (κ1) is 14.4. The van der Waals surface area contributed by atoms with Crippen molar-refractivity contribution in [3.8, 4) is 0 Å². The molecule has 20 heavy (non-hydrogen) atoms. The molecule has 0 aromatic carbocycles. The largest absolute Gasteiger partial charge is 0.481 e. The molecule has 1 heterocycles. The van der Waals surface area contributed by atoms with Gasteiger partial charge in [-0.15, -0.1) is 0 Å². The average molecular weight is 282 g/mol. The molecule has 0 saturated heterocycles. The van der Waals surface area contributed by atoms with Crippen LogP contribution in [0, 0.1) is 5.92 Å². The molecule has 0 spiro atoms. The van der Waals surface area contributed by atoms with Crippen LogP contribution in [0.4, 0.5) is 6.01 Å². The number of oxazole rings is 1. The Labute approximate surface area is 116 Å². The van der Waals surface area contributed by atoms with Crippen molar-refractivity contribution in [2.24, 2.45) is 5.92 Å². The summed E-state index contributed by atoms with van der Waals surface area (Å²) in [5.41, 5.74) is 0.133. The van der Waals surface area contributed by atoms with Crippen molar-refractivity contribution in [1.29, 1.82) is 0 Å². The summed E-state index contributed by atoms with van der Waals surface area (Å²) in [4.78, 5) is 26.3. The second-order valence-electron chi connectivity index (χ2n) is 4.79. The van der Waals surface area contributed by atoms with E-state index >= 15 is 0 Å². The van der Waals surface area contributed by atoms with Gasteiger partial charge in [0.15, 0.2) is 5.69 Å². The monoisotopic (exact) mass is 282 g/mol. The molecule has 0 unspecified atom stereocenters. The summed E-state index contributed by atoms with van der Waals surface area (Å²) < 4.78 is 9.99. The minimum atomic E-state index is -0.732. The Balaban J connectivity index is 1.86. The van der Waals surface area contributed by atoms with Crippen LogP contribution in [-0.2, 0) is 9.53 Å². The number of rotatable bonds is 5. The zero-order valence-electron chi connectivity index (χ0n) is 11.3. The molecule has 0 bridgehead atoms. The van der Waals surface area contributed by atoms with Crippen LogP contribution >= 0.6 is 0 Å². The fraction of sp³-hybridized carbons (Fsp3) is 0.615. The van der Waals surface area contributed by atoms with Crippen molar-refractivity contribution in [3.63, 3.8) is 0 Å². The van der Waals surface area contributed by atoms with E-state index in [1.165, 1.54) is 6.26 Å². The molecule has 110 valence electrons. The zero-order valence-corrected chi connectivity index (χ0v) is 11.3. The van der Waals surface area contributed by atoms with Gasteiger partial charge >= 0.3 is 11.9 Å². The molecule has 1 aliphatic rings. The third-order valence-corrected chi connectivity index (χ3v) is 3.39. The molecule has 2 N–H and O–H groups in total. The van der Waals surface area contributed by atoms with Gasteiger partial charge in [0.1, 0.15) is 6.26 Å². The van der Waals surface area contributed by atoms with Gasteiger partial charge in [-0.25, -0.2) is 4.79 Å². The van der Waals surface area contributed by atoms with Crippen LogP contribution in [0.25, 0.3) is 0 Å².